The number of hydrogen-bond donors (Lipinski definition) is 3. The highest BCUT2D eigenvalue weighted by molar-refractivity contribution is 5.82. The number of aromatic hydroxyl groups is 1. The van der Waals surface area contributed by atoms with Crippen molar-refractivity contribution in [2.45, 2.75) is 68.9 Å². The minimum Gasteiger partial charge on any atom is -0.508 e. The molecule has 0 aromatic heterocycles. The molecule has 0 unspecified atom stereocenters. The zero-order valence-corrected chi connectivity index (χ0v) is 20.7. The molecule has 186 valence electrons. The summed E-state index contributed by atoms with van der Waals surface area (Å²) in [5, 5.41) is 17.7. The number of benzene rings is 2. The monoisotopic (exact) mass is 473 g/mol. The lowest BCUT2D eigenvalue weighted by molar-refractivity contribution is -0.142. The van der Waals surface area contributed by atoms with E-state index >= 15 is 0 Å². The van der Waals surface area contributed by atoms with Crippen LogP contribution in [0.25, 0.3) is 0 Å². The van der Waals surface area contributed by atoms with Crippen LogP contribution in [0.2, 0.25) is 0 Å². The molecule has 0 bridgehead atoms. The highest BCUT2D eigenvalue weighted by atomic mass is 16.3. The second-order valence-corrected chi connectivity index (χ2v) is 11.4. The van der Waals surface area contributed by atoms with Gasteiger partial charge >= 0.3 is 0 Å². The Balaban J connectivity index is 1.31. The summed E-state index contributed by atoms with van der Waals surface area (Å²) < 4.78 is 0. The largest absolute Gasteiger partial charge is 0.508 e. The lowest BCUT2D eigenvalue weighted by Gasteiger charge is -2.48. The van der Waals surface area contributed by atoms with E-state index in [2.05, 4.69) is 51.9 Å². The summed E-state index contributed by atoms with van der Waals surface area (Å²) >= 11 is 0. The average Bonchev–Trinajstić information content (AvgIpc) is 3.33. The Labute approximate surface area is 209 Å². The molecule has 2 aromatic rings. The van der Waals surface area contributed by atoms with Gasteiger partial charge in [0.15, 0.2) is 0 Å². The van der Waals surface area contributed by atoms with Gasteiger partial charge in [-0.25, -0.2) is 0 Å². The number of likely N-dealkylation sites (tertiary alicyclic amines) is 1. The molecule has 4 atom stereocenters. The molecule has 1 saturated carbocycles. The lowest BCUT2D eigenvalue weighted by Crippen LogP contribution is -2.57. The molecule has 2 saturated heterocycles. The molecule has 3 fully saturated rings. The first-order valence-electron chi connectivity index (χ1n) is 13.8. The van der Waals surface area contributed by atoms with Gasteiger partial charge < -0.3 is 20.6 Å². The third kappa shape index (κ3) is 4.07. The molecule has 5 nitrogen and oxygen atoms in total. The van der Waals surface area contributed by atoms with Crippen molar-refractivity contribution in [2.75, 3.05) is 26.2 Å². The number of piperidine rings is 1. The number of fused-ring (bicyclic) bond motifs is 2. The molecule has 1 aliphatic carbocycles. The molecule has 5 heteroatoms. The van der Waals surface area contributed by atoms with E-state index in [0.717, 1.165) is 43.6 Å². The summed E-state index contributed by atoms with van der Waals surface area (Å²) in [6, 6.07) is 17.1. The second kappa shape index (κ2) is 9.59. The first-order valence-corrected chi connectivity index (χ1v) is 13.8. The van der Waals surface area contributed by atoms with Gasteiger partial charge in [0.25, 0.3) is 0 Å². The molecule has 4 aliphatic rings. The van der Waals surface area contributed by atoms with Crippen molar-refractivity contribution in [1.29, 1.82) is 0 Å². The molecule has 3 N–H and O–H groups in total. The fraction of sp³-hybridized carbons (Fsp3) is 0.567. The van der Waals surface area contributed by atoms with Crippen LogP contribution < -0.4 is 10.6 Å². The molecule has 6 rings (SSSR count). The molecule has 3 aliphatic heterocycles. The number of phenols is 1. The van der Waals surface area contributed by atoms with Crippen molar-refractivity contribution in [3.05, 3.63) is 65.2 Å². The van der Waals surface area contributed by atoms with E-state index in [4.69, 9.17) is 0 Å². The number of nitrogens with zero attached hydrogens (tertiary/aromatic N) is 1. The molecule has 2 aromatic carbocycles. The summed E-state index contributed by atoms with van der Waals surface area (Å²) in [6.45, 7) is 3.79. The van der Waals surface area contributed by atoms with E-state index in [1.165, 1.54) is 37.7 Å². The van der Waals surface area contributed by atoms with Crippen LogP contribution in [-0.2, 0) is 16.8 Å². The predicted octanol–water partition coefficient (Wildman–Crippen LogP) is 4.31. The molecular formula is C30H39N3O2. The van der Waals surface area contributed by atoms with Crippen LogP contribution in [0, 0.1) is 11.8 Å². The molecule has 0 radical (unpaired) electrons. The summed E-state index contributed by atoms with van der Waals surface area (Å²) in [6.07, 6.45) is 8.56. The van der Waals surface area contributed by atoms with Gasteiger partial charge in [-0.2, -0.15) is 0 Å². The van der Waals surface area contributed by atoms with E-state index < -0.39 is 0 Å². The maximum Gasteiger partial charge on any atom is 0.228 e. The Morgan fingerprint density at radius 3 is 2.57 bits per heavy atom. The van der Waals surface area contributed by atoms with Gasteiger partial charge in [0.1, 0.15) is 5.75 Å². The zero-order chi connectivity index (χ0) is 23.8. The fourth-order valence-corrected chi connectivity index (χ4v) is 7.75. The van der Waals surface area contributed by atoms with Crippen molar-refractivity contribution in [2.24, 2.45) is 11.8 Å². The Morgan fingerprint density at radius 1 is 0.943 bits per heavy atom. The van der Waals surface area contributed by atoms with Crippen LogP contribution in [0.4, 0.5) is 0 Å². The Kier molecular flexibility index (Phi) is 6.32. The summed E-state index contributed by atoms with van der Waals surface area (Å²) in [5.74, 6) is 1.73. The first-order chi connectivity index (χ1) is 17.2. The van der Waals surface area contributed by atoms with Crippen LogP contribution in [-0.4, -0.2) is 48.1 Å². The quantitative estimate of drug-likeness (QED) is 0.622. The minimum absolute atomic E-state index is 0.102. The van der Waals surface area contributed by atoms with Crippen LogP contribution in [0.3, 0.4) is 0 Å². The standard InChI is InChI=1S/C30H39N3O2/c34-28-13-7-12-25-24(28)17-31-19-30(25)20-32-18-26(30)29(35)33-15-14-23(21-8-3-1-4-9-21)16-27(33)22-10-5-2-6-11-22/h1,3-4,7-9,12-13,22-23,26-27,31-32,34H,2,5-6,10-11,14-20H2/t23-,26+,27+,30+/m1/s1. The van der Waals surface area contributed by atoms with Crippen molar-refractivity contribution in [3.63, 3.8) is 0 Å². The number of carbonyl (C=O) groups is 1. The van der Waals surface area contributed by atoms with Gasteiger partial charge in [0, 0.05) is 49.7 Å². The fourth-order valence-electron chi connectivity index (χ4n) is 7.75. The number of hydrogen-bond acceptors (Lipinski definition) is 4. The molecular weight excluding hydrogens is 434 g/mol. The maximum atomic E-state index is 14.5. The average molecular weight is 474 g/mol. The highest BCUT2D eigenvalue weighted by Gasteiger charge is 2.53. The smallest absolute Gasteiger partial charge is 0.228 e. The summed E-state index contributed by atoms with van der Waals surface area (Å²) in [7, 11) is 0. The van der Waals surface area contributed by atoms with Crippen molar-refractivity contribution < 1.29 is 9.90 Å². The van der Waals surface area contributed by atoms with Gasteiger partial charge in [0.2, 0.25) is 5.91 Å². The number of rotatable bonds is 3. The van der Waals surface area contributed by atoms with Gasteiger partial charge in [-0.15, -0.1) is 0 Å². The van der Waals surface area contributed by atoms with Crippen molar-refractivity contribution >= 4 is 5.91 Å². The highest BCUT2D eigenvalue weighted by Crippen LogP contribution is 2.45. The van der Waals surface area contributed by atoms with E-state index in [9.17, 15) is 9.90 Å². The van der Waals surface area contributed by atoms with E-state index in [1.54, 1.807) is 6.07 Å². The van der Waals surface area contributed by atoms with Gasteiger partial charge in [0.05, 0.1) is 5.92 Å². The van der Waals surface area contributed by atoms with Crippen LogP contribution in [0.5, 0.6) is 5.75 Å². The maximum absolute atomic E-state index is 14.5. The van der Waals surface area contributed by atoms with Crippen molar-refractivity contribution in [1.82, 2.24) is 15.5 Å². The third-order valence-corrected chi connectivity index (χ3v) is 9.58. The molecule has 1 amide bonds. The Morgan fingerprint density at radius 2 is 1.74 bits per heavy atom. The van der Waals surface area contributed by atoms with Gasteiger partial charge in [-0.05, 0) is 54.7 Å². The van der Waals surface area contributed by atoms with E-state index in [1.807, 2.05) is 6.07 Å². The van der Waals surface area contributed by atoms with Crippen LogP contribution in [0.1, 0.15) is 67.6 Å². The van der Waals surface area contributed by atoms with E-state index in [0.29, 0.717) is 42.6 Å². The second-order valence-electron chi connectivity index (χ2n) is 11.4. The number of phenolic OH excluding ortho intramolecular Hbond substituents is 1. The Hall–Kier alpha value is -2.37. The zero-order valence-electron chi connectivity index (χ0n) is 20.7. The van der Waals surface area contributed by atoms with Crippen LogP contribution >= 0.6 is 0 Å². The number of nitrogens with one attached hydrogen (secondary N) is 2. The number of amides is 1. The SMILES string of the molecule is O=C([C@@H]1CNC[C@]12CNCc1c(O)cccc12)N1CC[C@@H](c2ccccc2)C[C@H]1C1CCCCC1. The van der Waals surface area contributed by atoms with Gasteiger partial charge in [-0.3, -0.25) is 4.79 Å². The van der Waals surface area contributed by atoms with Crippen LogP contribution in [0.15, 0.2) is 48.5 Å². The normalized spacial score (nSPS) is 31.4. The molecule has 3 heterocycles. The van der Waals surface area contributed by atoms with Gasteiger partial charge in [-0.1, -0.05) is 61.7 Å². The molecule has 35 heavy (non-hydrogen) atoms. The topological polar surface area (TPSA) is 64.6 Å². The first kappa shape index (κ1) is 23.1. The lowest BCUT2D eigenvalue weighted by atomic mass is 9.67. The Bertz CT molecular complexity index is 1050. The number of carbonyl (C=O) groups excluding carboxylic acids is 1. The molecule has 1 spiro atoms. The van der Waals surface area contributed by atoms with E-state index in [-0.39, 0.29) is 11.3 Å². The third-order valence-electron chi connectivity index (χ3n) is 9.58. The summed E-state index contributed by atoms with van der Waals surface area (Å²) in [4.78, 5) is 16.8. The minimum atomic E-state index is -0.295. The van der Waals surface area contributed by atoms with Crippen molar-refractivity contribution in [3.8, 4) is 5.75 Å². The summed E-state index contributed by atoms with van der Waals surface area (Å²) in [5.41, 5.74) is 3.26. The predicted molar refractivity (Wildman–Crippen MR) is 138 cm³/mol.